The number of rotatable bonds is 18. The third-order valence-electron chi connectivity index (χ3n) is 10.0. The van der Waals surface area contributed by atoms with Crippen LogP contribution in [0, 0.1) is 0 Å². The third-order valence-corrected chi connectivity index (χ3v) is 24.1. The highest BCUT2D eigenvalue weighted by Crippen LogP contribution is 2.34. The summed E-state index contributed by atoms with van der Waals surface area (Å²) in [7, 11) is -3.39. The SMILES string of the molecule is CCC[Si](CCC)(CCC)c1ccc(P(NC2CCCCCC2)c2ccc([Si](CCC)(CCC)CCC)cc2)cc1. The molecule has 2 aromatic carbocycles. The van der Waals surface area contributed by atoms with E-state index in [9.17, 15) is 0 Å². The summed E-state index contributed by atoms with van der Waals surface area (Å²) in [5.74, 6) is 0. The van der Waals surface area contributed by atoms with Crippen molar-refractivity contribution in [3.63, 3.8) is 0 Å². The van der Waals surface area contributed by atoms with Crippen LogP contribution in [0.4, 0.5) is 0 Å². The van der Waals surface area contributed by atoms with Crippen LogP contribution in [0.1, 0.15) is 119 Å². The van der Waals surface area contributed by atoms with Crippen molar-refractivity contribution < 1.29 is 0 Å². The van der Waals surface area contributed by atoms with Gasteiger partial charge in [-0.1, -0.05) is 201 Å². The maximum absolute atomic E-state index is 4.28. The van der Waals surface area contributed by atoms with Gasteiger partial charge in [-0.2, -0.15) is 0 Å². The molecule has 1 aliphatic carbocycles. The first-order valence-electron chi connectivity index (χ1n) is 17.8. The first-order chi connectivity index (χ1) is 20.0. The molecule has 1 nitrogen and oxygen atoms in total. The summed E-state index contributed by atoms with van der Waals surface area (Å²) in [6, 6.07) is 29.9. The number of nitrogens with one attached hydrogen (secondary N) is 1. The Hall–Kier alpha value is -0.736. The van der Waals surface area contributed by atoms with Crippen molar-refractivity contribution in [2.24, 2.45) is 0 Å². The fourth-order valence-corrected chi connectivity index (χ4v) is 21.1. The molecule has 4 heteroatoms. The van der Waals surface area contributed by atoms with Gasteiger partial charge in [0.1, 0.15) is 0 Å². The molecule has 0 heterocycles. The van der Waals surface area contributed by atoms with E-state index in [4.69, 9.17) is 0 Å². The zero-order valence-corrected chi connectivity index (χ0v) is 30.8. The molecule has 0 atom stereocenters. The van der Waals surface area contributed by atoms with Crippen molar-refractivity contribution in [3.8, 4) is 0 Å². The highest BCUT2D eigenvalue weighted by atomic mass is 31.1. The lowest BCUT2D eigenvalue weighted by atomic mass is 10.1. The van der Waals surface area contributed by atoms with Crippen LogP contribution in [0.25, 0.3) is 0 Å². The minimum atomic E-state index is -1.42. The molecular formula is C37H64NPSi2. The second-order valence-corrected chi connectivity index (χ2v) is 24.5. The Morgan fingerprint density at radius 1 is 0.512 bits per heavy atom. The maximum atomic E-state index is 4.28. The van der Waals surface area contributed by atoms with E-state index in [-0.39, 0.29) is 0 Å². The van der Waals surface area contributed by atoms with Gasteiger partial charge in [-0.05, 0) is 23.5 Å². The van der Waals surface area contributed by atoms with Gasteiger partial charge in [0.25, 0.3) is 0 Å². The Morgan fingerprint density at radius 2 is 0.829 bits per heavy atom. The lowest BCUT2D eigenvalue weighted by Gasteiger charge is -2.33. The summed E-state index contributed by atoms with van der Waals surface area (Å²) in [4.78, 5) is 0. The quantitative estimate of drug-likeness (QED) is 0.101. The lowest BCUT2D eigenvalue weighted by molar-refractivity contribution is 0.548. The zero-order valence-electron chi connectivity index (χ0n) is 27.9. The normalized spacial score (nSPS) is 15.4. The van der Waals surface area contributed by atoms with Crippen molar-refractivity contribution in [1.29, 1.82) is 0 Å². The van der Waals surface area contributed by atoms with Crippen molar-refractivity contribution >= 4 is 45.2 Å². The molecular weight excluding hydrogens is 546 g/mol. The highest BCUT2D eigenvalue weighted by Gasteiger charge is 2.34. The molecule has 0 aliphatic heterocycles. The fraction of sp³-hybridized carbons (Fsp3) is 0.676. The minimum Gasteiger partial charge on any atom is -0.285 e. The van der Waals surface area contributed by atoms with E-state index in [1.54, 1.807) is 10.4 Å². The molecule has 1 N–H and O–H groups in total. The van der Waals surface area contributed by atoms with E-state index < -0.39 is 24.2 Å². The number of benzene rings is 2. The summed E-state index contributed by atoms with van der Waals surface area (Å²) in [5.41, 5.74) is 0. The molecule has 0 amide bonds. The second kappa shape index (κ2) is 18.2. The number of hydrogen-bond acceptors (Lipinski definition) is 1. The van der Waals surface area contributed by atoms with Gasteiger partial charge in [0.15, 0.2) is 0 Å². The summed E-state index contributed by atoms with van der Waals surface area (Å²) >= 11 is 0. The molecule has 0 saturated heterocycles. The van der Waals surface area contributed by atoms with Gasteiger partial charge in [0.2, 0.25) is 0 Å². The average Bonchev–Trinajstić information content (AvgIpc) is 3.26. The predicted molar refractivity (Wildman–Crippen MR) is 195 cm³/mol. The van der Waals surface area contributed by atoms with E-state index in [1.165, 1.54) is 124 Å². The first-order valence-corrected chi connectivity index (χ1v) is 24.4. The molecule has 0 radical (unpaired) electrons. The van der Waals surface area contributed by atoms with Gasteiger partial charge < -0.3 is 0 Å². The van der Waals surface area contributed by atoms with Crippen LogP contribution in [0.5, 0.6) is 0 Å². The standard InChI is InChI=1S/C37H64NPSi2/c1-7-27-40(28-8-2,29-9-3)36-23-19-34(20-24-36)39(38-33-17-15-13-14-16-18-33)35-21-25-37(26-22-35)41(30-10-4,31-11-5)32-12-6/h19-26,33,38H,7-18,27-32H2,1-6H3. The Labute approximate surface area is 258 Å². The molecule has 2 aromatic rings. The van der Waals surface area contributed by atoms with Crippen molar-refractivity contribution in [1.82, 2.24) is 5.09 Å². The lowest BCUT2D eigenvalue weighted by Crippen LogP contribution is -2.48. The largest absolute Gasteiger partial charge is 0.285 e. The van der Waals surface area contributed by atoms with Gasteiger partial charge in [-0.25, -0.2) is 0 Å². The Balaban J connectivity index is 1.99. The molecule has 1 saturated carbocycles. The summed E-state index contributed by atoms with van der Waals surface area (Å²) in [5, 5.41) is 10.8. The zero-order chi connectivity index (χ0) is 29.6. The molecule has 0 bridgehead atoms. The highest BCUT2D eigenvalue weighted by molar-refractivity contribution is 7.71. The summed E-state index contributed by atoms with van der Waals surface area (Å²) in [6.07, 6.45) is 16.3. The van der Waals surface area contributed by atoms with Crippen LogP contribution in [0.3, 0.4) is 0 Å². The summed E-state index contributed by atoms with van der Waals surface area (Å²) < 4.78 is 0. The molecule has 1 fully saturated rings. The van der Waals surface area contributed by atoms with E-state index in [0.717, 1.165) is 0 Å². The molecule has 0 unspecified atom stereocenters. The molecule has 0 spiro atoms. The second-order valence-electron chi connectivity index (χ2n) is 13.3. The molecule has 41 heavy (non-hydrogen) atoms. The van der Waals surface area contributed by atoms with Crippen LogP contribution in [-0.4, -0.2) is 22.2 Å². The van der Waals surface area contributed by atoms with E-state index in [1.807, 2.05) is 0 Å². The molecule has 230 valence electrons. The van der Waals surface area contributed by atoms with E-state index in [0.29, 0.717) is 6.04 Å². The maximum Gasteiger partial charge on any atom is 0.0866 e. The van der Waals surface area contributed by atoms with E-state index in [2.05, 4.69) is 95.2 Å². The van der Waals surface area contributed by atoms with Crippen LogP contribution in [0.15, 0.2) is 48.5 Å². The van der Waals surface area contributed by atoms with Crippen molar-refractivity contribution in [3.05, 3.63) is 48.5 Å². The van der Waals surface area contributed by atoms with E-state index >= 15 is 0 Å². The Morgan fingerprint density at radius 3 is 1.12 bits per heavy atom. The topological polar surface area (TPSA) is 12.0 Å². The molecule has 3 rings (SSSR count). The van der Waals surface area contributed by atoms with Crippen molar-refractivity contribution in [2.75, 3.05) is 0 Å². The van der Waals surface area contributed by atoms with Gasteiger partial charge in [-0.3, -0.25) is 5.09 Å². The van der Waals surface area contributed by atoms with Crippen molar-refractivity contribution in [2.45, 2.75) is 161 Å². The Bertz CT molecular complexity index is 862. The fourth-order valence-electron chi connectivity index (χ4n) is 8.30. The number of hydrogen-bond donors (Lipinski definition) is 1. The van der Waals surface area contributed by atoms with Gasteiger partial charge in [0.05, 0.1) is 16.1 Å². The monoisotopic (exact) mass is 609 g/mol. The van der Waals surface area contributed by atoms with Gasteiger partial charge in [0, 0.05) is 14.1 Å². The van der Waals surface area contributed by atoms with Crippen LogP contribution in [-0.2, 0) is 0 Å². The Kier molecular flexibility index (Phi) is 15.4. The van der Waals surface area contributed by atoms with Crippen LogP contribution < -0.4 is 26.1 Å². The average molecular weight is 610 g/mol. The smallest absolute Gasteiger partial charge is 0.0866 e. The first kappa shape index (κ1) is 34.8. The van der Waals surface area contributed by atoms with Gasteiger partial charge >= 0.3 is 0 Å². The van der Waals surface area contributed by atoms with Gasteiger partial charge in [-0.15, -0.1) is 0 Å². The molecule has 0 aromatic heterocycles. The minimum absolute atomic E-state index is 0.548. The van der Waals surface area contributed by atoms with Crippen LogP contribution in [0.2, 0.25) is 36.3 Å². The summed E-state index contributed by atoms with van der Waals surface area (Å²) in [6.45, 7) is 14.4. The third kappa shape index (κ3) is 9.37. The molecule has 1 aliphatic rings. The van der Waals surface area contributed by atoms with Crippen LogP contribution >= 0.6 is 8.07 Å². The predicted octanol–water partition coefficient (Wildman–Crippen LogP) is 10.1.